The molecular formula is C23H24N6O5. The van der Waals surface area contributed by atoms with Gasteiger partial charge in [-0.25, -0.2) is 0 Å². The molecule has 0 spiro atoms. The van der Waals surface area contributed by atoms with Crippen LogP contribution in [0.2, 0.25) is 0 Å². The van der Waals surface area contributed by atoms with E-state index >= 15 is 0 Å². The standard InChI is InChI=1S/C23H24N6O5/c24-21(31)22(32)29(17-5-3-6-18(30)14-17)20-15-19(28-9-12-33-13-10-28)26-23(27-20)34-11-7-16-4-1-2-8-25-16/h1-6,8,14-15,30H,7,9-13H2,(H2,24,31). The molecular weight excluding hydrogens is 440 g/mol. The Hall–Kier alpha value is -4.25. The highest BCUT2D eigenvalue weighted by molar-refractivity contribution is 6.41. The highest BCUT2D eigenvalue weighted by Gasteiger charge is 2.27. The van der Waals surface area contributed by atoms with Crippen molar-refractivity contribution in [3.05, 3.63) is 60.4 Å². The van der Waals surface area contributed by atoms with Gasteiger partial charge in [0.15, 0.2) is 0 Å². The minimum Gasteiger partial charge on any atom is -0.508 e. The van der Waals surface area contributed by atoms with Crippen molar-refractivity contribution in [3.63, 3.8) is 0 Å². The topological polar surface area (TPSA) is 144 Å². The molecule has 4 rings (SSSR count). The number of carbonyl (C=O) groups excluding carboxylic acids is 2. The Bertz CT molecular complexity index is 1150. The fraction of sp³-hybridized carbons (Fsp3) is 0.261. The summed E-state index contributed by atoms with van der Waals surface area (Å²) >= 11 is 0. The molecule has 2 amide bonds. The molecule has 1 aromatic carbocycles. The van der Waals surface area contributed by atoms with Gasteiger partial charge in [-0.2, -0.15) is 9.97 Å². The summed E-state index contributed by atoms with van der Waals surface area (Å²) < 4.78 is 11.2. The van der Waals surface area contributed by atoms with E-state index in [1.165, 1.54) is 12.1 Å². The quantitative estimate of drug-likeness (QED) is 0.493. The van der Waals surface area contributed by atoms with Crippen molar-refractivity contribution in [1.82, 2.24) is 15.0 Å². The predicted molar refractivity (Wildman–Crippen MR) is 123 cm³/mol. The zero-order valence-electron chi connectivity index (χ0n) is 18.3. The molecule has 176 valence electrons. The van der Waals surface area contributed by atoms with E-state index in [2.05, 4.69) is 15.0 Å². The monoisotopic (exact) mass is 464 g/mol. The van der Waals surface area contributed by atoms with Gasteiger partial charge in [0.1, 0.15) is 17.4 Å². The normalized spacial score (nSPS) is 13.4. The lowest BCUT2D eigenvalue weighted by Crippen LogP contribution is -2.39. The third-order valence-electron chi connectivity index (χ3n) is 5.06. The van der Waals surface area contributed by atoms with Gasteiger partial charge in [0.2, 0.25) is 0 Å². The number of rotatable bonds is 7. The van der Waals surface area contributed by atoms with Crippen LogP contribution < -0.4 is 20.3 Å². The SMILES string of the molecule is NC(=O)C(=O)N(c1cccc(O)c1)c1cc(N2CCOCC2)nc(OCCc2ccccn2)n1. The number of aromatic nitrogens is 3. The van der Waals surface area contributed by atoms with Crippen LogP contribution in [0.4, 0.5) is 17.3 Å². The van der Waals surface area contributed by atoms with E-state index in [4.69, 9.17) is 15.2 Å². The first-order valence-corrected chi connectivity index (χ1v) is 10.7. The average molecular weight is 464 g/mol. The minimum atomic E-state index is -1.17. The molecule has 3 aromatic rings. The van der Waals surface area contributed by atoms with E-state index < -0.39 is 11.8 Å². The van der Waals surface area contributed by atoms with E-state index in [0.29, 0.717) is 38.5 Å². The van der Waals surface area contributed by atoms with Crippen molar-refractivity contribution >= 4 is 29.1 Å². The first-order chi connectivity index (χ1) is 16.5. The number of hydrogen-bond donors (Lipinski definition) is 2. The number of morpholine rings is 1. The van der Waals surface area contributed by atoms with Crippen molar-refractivity contribution in [3.8, 4) is 11.8 Å². The number of amides is 2. The number of phenols is 1. The molecule has 1 aliphatic rings. The van der Waals surface area contributed by atoms with Crippen LogP contribution in [-0.4, -0.2) is 64.8 Å². The van der Waals surface area contributed by atoms with Crippen LogP contribution in [0, 0.1) is 0 Å². The summed E-state index contributed by atoms with van der Waals surface area (Å²) in [5.41, 5.74) is 6.37. The number of hydrogen-bond acceptors (Lipinski definition) is 9. The Morgan fingerprint density at radius 2 is 1.94 bits per heavy atom. The number of ether oxygens (including phenoxy) is 2. The lowest BCUT2D eigenvalue weighted by atomic mass is 10.2. The summed E-state index contributed by atoms with van der Waals surface area (Å²) in [6.07, 6.45) is 2.23. The molecule has 3 heterocycles. The molecule has 1 aliphatic heterocycles. The highest BCUT2D eigenvalue weighted by Crippen LogP contribution is 2.30. The van der Waals surface area contributed by atoms with Crippen LogP contribution >= 0.6 is 0 Å². The molecule has 3 N–H and O–H groups in total. The van der Waals surface area contributed by atoms with Crippen molar-refractivity contribution in [1.29, 1.82) is 0 Å². The number of pyridine rings is 1. The third kappa shape index (κ3) is 5.56. The van der Waals surface area contributed by atoms with E-state index in [1.807, 2.05) is 23.1 Å². The van der Waals surface area contributed by atoms with E-state index in [-0.39, 0.29) is 29.9 Å². The molecule has 2 aromatic heterocycles. The number of nitrogens with zero attached hydrogens (tertiary/aromatic N) is 5. The molecule has 0 aliphatic carbocycles. The Morgan fingerprint density at radius 3 is 2.65 bits per heavy atom. The van der Waals surface area contributed by atoms with Gasteiger partial charge in [0, 0.05) is 43.5 Å². The molecule has 0 atom stereocenters. The second-order valence-corrected chi connectivity index (χ2v) is 7.41. The van der Waals surface area contributed by atoms with Crippen molar-refractivity contribution < 1.29 is 24.2 Å². The summed E-state index contributed by atoms with van der Waals surface area (Å²) in [6.45, 7) is 2.45. The number of nitrogens with two attached hydrogens (primary N) is 1. The third-order valence-corrected chi connectivity index (χ3v) is 5.06. The first-order valence-electron chi connectivity index (χ1n) is 10.7. The Morgan fingerprint density at radius 1 is 1.12 bits per heavy atom. The van der Waals surface area contributed by atoms with Crippen LogP contribution in [0.3, 0.4) is 0 Å². The molecule has 1 fully saturated rings. The van der Waals surface area contributed by atoms with Crippen LogP contribution in [0.5, 0.6) is 11.8 Å². The number of benzene rings is 1. The Kier molecular flexibility index (Phi) is 7.13. The van der Waals surface area contributed by atoms with Crippen LogP contribution in [0.25, 0.3) is 0 Å². The van der Waals surface area contributed by atoms with Gasteiger partial charge in [0.05, 0.1) is 25.5 Å². The number of aromatic hydroxyl groups is 1. The maximum atomic E-state index is 12.8. The van der Waals surface area contributed by atoms with Crippen LogP contribution in [0.1, 0.15) is 5.69 Å². The van der Waals surface area contributed by atoms with Gasteiger partial charge >= 0.3 is 17.8 Å². The molecule has 0 unspecified atom stereocenters. The van der Waals surface area contributed by atoms with Crippen molar-refractivity contribution in [2.24, 2.45) is 5.73 Å². The summed E-state index contributed by atoms with van der Waals surface area (Å²) in [5, 5.41) is 9.93. The highest BCUT2D eigenvalue weighted by atomic mass is 16.5. The fourth-order valence-electron chi connectivity index (χ4n) is 3.42. The lowest BCUT2D eigenvalue weighted by Gasteiger charge is -2.29. The largest absolute Gasteiger partial charge is 0.508 e. The van der Waals surface area contributed by atoms with E-state index in [9.17, 15) is 14.7 Å². The Labute approximate surface area is 195 Å². The van der Waals surface area contributed by atoms with Crippen LogP contribution in [-0.2, 0) is 20.7 Å². The maximum absolute atomic E-state index is 12.8. The summed E-state index contributed by atoms with van der Waals surface area (Å²) in [7, 11) is 0. The number of primary amides is 1. The summed E-state index contributed by atoms with van der Waals surface area (Å²) in [5.74, 6) is -1.69. The summed E-state index contributed by atoms with van der Waals surface area (Å²) in [6, 6.07) is 13.1. The van der Waals surface area contributed by atoms with Crippen LogP contribution in [0.15, 0.2) is 54.7 Å². The molecule has 1 saturated heterocycles. The first kappa shape index (κ1) is 22.9. The molecule has 0 bridgehead atoms. The van der Waals surface area contributed by atoms with Crippen molar-refractivity contribution in [2.45, 2.75) is 6.42 Å². The number of carbonyl (C=O) groups is 2. The predicted octanol–water partition coefficient (Wildman–Crippen LogP) is 1.19. The zero-order chi connectivity index (χ0) is 23.9. The molecule has 11 heteroatoms. The molecule has 34 heavy (non-hydrogen) atoms. The van der Waals surface area contributed by atoms with Gasteiger partial charge < -0.3 is 25.2 Å². The number of anilines is 3. The van der Waals surface area contributed by atoms with Gasteiger partial charge in [-0.1, -0.05) is 12.1 Å². The number of phenolic OH excluding ortho intramolecular Hbond substituents is 1. The van der Waals surface area contributed by atoms with E-state index in [0.717, 1.165) is 10.6 Å². The molecule has 0 saturated carbocycles. The fourth-order valence-corrected chi connectivity index (χ4v) is 3.42. The minimum absolute atomic E-state index is 0.0253. The lowest BCUT2D eigenvalue weighted by molar-refractivity contribution is -0.135. The average Bonchev–Trinajstić information content (AvgIpc) is 2.85. The van der Waals surface area contributed by atoms with Gasteiger partial charge in [-0.15, -0.1) is 0 Å². The van der Waals surface area contributed by atoms with Crippen molar-refractivity contribution in [2.75, 3.05) is 42.7 Å². The van der Waals surface area contributed by atoms with Gasteiger partial charge in [-0.05, 0) is 24.3 Å². The van der Waals surface area contributed by atoms with E-state index in [1.54, 1.807) is 24.4 Å². The second-order valence-electron chi connectivity index (χ2n) is 7.41. The molecule has 0 radical (unpaired) electrons. The second kappa shape index (κ2) is 10.6. The zero-order valence-corrected chi connectivity index (χ0v) is 18.3. The Balaban J connectivity index is 1.69. The van der Waals surface area contributed by atoms with Gasteiger partial charge in [0.25, 0.3) is 0 Å². The smallest absolute Gasteiger partial charge is 0.321 e. The van der Waals surface area contributed by atoms with Gasteiger partial charge in [-0.3, -0.25) is 19.5 Å². The maximum Gasteiger partial charge on any atom is 0.321 e. The molecule has 11 nitrogen and oxygen atoms in total. The summed E-state index contributed by atoms with van der Waals surface area (Å²) in [4.78, 5) is 40.7.